The van der Waals surface area contributed by atoms with Gasteiger partial charge in [0, 0.05) is 62.4 Å². The highest BCUT2D eigenvalue weighted by molar-refractivity contribution is 6.13. The number of hydrogen-bond donors (Lipinski definition) is 4. The number of amides is 4. The van der Waals surface area contributed by atoms with Gasteiger partial charge < -0.3 is 48.7 Å². The van der Waals surface area contributed by atoms with E-state index in [2.05, 4.69) is 20.3 Å². The first-order valence-electron chi connectivity index (χ1n) is 24.9. The Balaban J connectivity index is 0.000000162. The summed E-state index contributed by atoms with van der Waals surface area (Å²) in [4.78, 5) is 69.4. The molecule has 9 aromatic rings. The van der Waals surface area contributed by atoms with Gasteiger partial charge in [-0.1, -0.05) is 31.7 Å². The third kappa shape index (κ3) is 8.22. The van der Waals surface area contributed by atoms with Gasteiger partial charge in [0.2, 0.25) is 23.6 Å². The minimum Gasteiger partial charge on any atom is -0.497 e. The average molecular weight is 1040 g/mol. The standard InChI is InChI=1S/2C30H27N3O5.CH4/c1-36-16-6-4-15(5-7-16)14-33-29(34)25-23-19-12-17(37-2)8-10-21(19)31-27(23)28-24(26(25)30(33)35)20-13-18(38-3)9-11-22(20)32-28;1-36-18-6-4-17(5-7-18)16-33-29(34)27(23-14-31-25-10-8-19(37-2)12-21(23)25)28(30(33)35)24-15-32-26-11-9-20(38-3)13-22(24)26;/h4-13,23,25-27,31-32H,14H2,1-3H3;4-15,27-28,31-32H,16H2,1-3H3;1H4. The van der Waals surface area contributed by atoms with Crippen molar-refractivity contribution in [2.45, 2.75) is 50.2 Å². The Kier molecular flexibility index (Phi) is 12.9. The zero-order chi connectivity index (χ0) is 52.5. The molecule has 4 aliphatic rings. The number of rotatable bonds is 12. The van der Waals surface area contributed by atoms with Crippen LogP contribution in [0.3, 0.4) is 0 Å². The molecule has 0 saturated carbocycles. The number of imide groups is 2. The number of H-pyrrole nitrogens is 3. The molecule has 6 aromatic carbocycles. The number of anilines is 1. The highest BCUT2D eigenvalue weighted by Gasteiger charge is 2.60. The number of fused-ring (bicyclic) bond motifs is 12. The van der Waals surface area contributed by atoms with Crippen LogP contribution in [-0.2, 0) is 32.3 Å². The number of ether oxygens (including phenoxy) is 6. The van der Waals surface area contributed by atoms with Crippen molar-refractivity contribution in [2.75, 3.05) is 48.0 Å². The molecule has 13 rings (SSSR count). The van der Waals surface area contributed by atoms with E-state index >= 15 is 0 Å². The lowest BCUT2D eigenvalue weighted by Gasteiger charge is -2.33. The van der Waals surface area contributed by atoms with Crippen LogP contribution in [0.25, 0.3) is 32.7 Å². The first kappa shape index (κ1) is 50.0. The Labute approximate surface area is 444 Å². The van der Waals surface area contributed by atoms with E-state index in [1.165, 1.54) is 9.80 Å². The molecular formula is C61H58N6O10. The maximum atomic E-state index is 14.2. The van der Waals surface area contributed by atoms with E-state index in [-0.39, 0.29) is 56.1 Å². The summed E-state index contributed by atoms with van der Waals surface area (Å²) in [7, 11) is 9.69. The van der Waals surface area contributed by atoms with Crippen molar-refractivity contribution in [1.29, 1.82) is 0 Å². The number of benzene rings is 6. The number of carbonyl (C=O) groups excluding carboxylic acids is 4. The molecule has 3 aliphatic heterocycles. The van der Waals surface area contributed by atoms with Crippen LogP contribution >= 0.6 is 0 Å². The van der Waals surface area contributed by atoms with E-state index in [0.717, 1.165) is 89.0 Å². The Hall–Kier alpha value is -9.18. The number of hydrogen-bond acceptors (Lipinski definition) is 11. The van der Waals surface area contributed by atoms with E-state index in [1.54, 1.807) is 42.7 Å². The van der Waals surface area contributed by atoms with Crippen molar-refractivity contribution in [3.63, 3.8) is 0 Å². The van der Waals surface area contributed by atoms with Gasteiger partial charge in [0.05, 0.1) is 85.5 Å². The van der Waals surface area contributed by atoms with Crippen LogP contribution < -0.4 is 33.7 Å². The molecule has 0 spiro atoms. The molecule has 6 heterocycles. The van der Waals surface area contributed by atoms with Crippen molar-refractivity contribution in [3.8, 4) is 34.5 Å². The van der Waals surface area contributed by atoms with Crippen molar-refractivity contribution < 1.29 is 47.6 Å². The van der Waals surface area contributed by atoms with Crippen LogP contribution in [-0.4, -0.2) is 91.0 Å². The average Bonchev–Trinajstić information content (AvgIpc) is 4.46. The van der Waals surface area contributed by atoms with Gasteiger partial charge in [-0.05, 0) is 130 Å². The second-order valence-corrected chi connectivity index (χ2v) is 19.5. The molecule has 4 amide bonds. The van der Waals surface area contributed by atoms with E-state index < -0.39 is 23.7 Å². The Morgan fingerprint density at radius 3 is 1.34 bits per heavy atom. The predicted molar refractivity (Wildman–Crippen MR) is 292 cm³/mol. The molecule has 6 unspecified atom stereocenters. The molecule has 6 atom stereocenters. The molecule has 2 saturated heterocycles. The third-order valence-electron chi connectivity index (χ3n) is 15.7. The van der Waals surface area contributed by atoms with Crippen LogP contribution in [0.5, 0.6) is 34.5 Å². The fourth-order valence-electron chi connectivity index (χ4n) is 12.0. The molecule has 2 fully saturated rings. The van der Waals surface area contributed by atoms with Crippen molar-refractivity contribution in [3.05, 3.63) is 173 Å². The van der Waals surface area contributed by atoms with Gasteiger partial charge in [-0.25, -0.2) is 0 Å². The lowest BCUT2D eigenvalue weighted by molar-refractivity contribution is -0.141. The van der Waals surface area contributed by atoms with Gasteiger partial charge in [0.15, 0.2) is 0 Å². The molecule has 392 valence electrons. The fourth-order valence-corrected chi connectivity index (χ4v) is 12.0. The zero-order valence-corrected chi connectivity index (χ0v) is 42.6. The molecule has 4 N–H and O–H groups in total. The van der Waals surface area contributed by atoms with E-state index in [4.69, 9.17) is 28.4 Å². The summed E-state index contributed by atoms with van der Waals surface area (Å²) >= 11 is 0. The highest BCUT2D eigenvalue weighted by atomic mass is 16.5. The Bertz CT molecular complexity index is 3670. The van der Waals surface area contributed by atoms with Crippen LogP contribution in [0.2, 0.25) is 0 Å². The van der Waals surface area contributed by atoms with Gasteiger partial charge in [-0.3, -0.25) is 29.0 Å². The molecule has 3 aromatic heterocycles. The SMILES string of the molecule is C.COc1ccc(CN2C(=O)C(c3c[nH]c4ccc(OC)cc34)C(c3c[nH]c4ccc(OC)cc34)C2=O)cc1.COc1ccc(CN2C(=O)C3c4c([nH]c5ccc(OC)cc45)C4Nc5ccc(OC)cc5C4C3C2=O)cc1. The number of nitrogens with one attached hydrogen (secondary N) is 4. The second-order valence-electron chi connectivity index (χ2n) is 19.5. The summed E-state index contributed by atoms with van der Waals surface area (Å²) in [6.07, 6.45) is 3.67. The van der Waals surface area contributed by atoms with Gasteiger partial charge in [-0.2, -0.15) is 0 Å². The van der Waals surface area contributed by atoms with Crippen molar-refractivity contribution >= 4 is 62.0 Å². The molecule has 1 aliphatic carbocycles. The molecule has 0 radical (unpaired) electrons. The number of aromatic amines is 3. The van der Waals surface area contributed by atoms with E-state index in [9.17, 15) is 19.2 Å². The number of carbonyl (C=O) groups is 4. The summed E-state index contributed by atoms with van der Waals surface area (Å²) in [5.74, 6) is 0.643. The summed E-state index contributed by atoms with van der Waals surface area (Å²) in [6, 6.07) is 37.8. The number of likely N-dealkylation sites (tertiary alicyclic amines) is 2. The Morgan fingerprint density at radius 2 is 0.844 bits per heavy atom. The van der Waals surface area contributed by atoms with Crippen LogP contribution in [0, 0.1) is 5.92 Å². The fraction of sp³-hybridized carbons (Fsp3) is 0.246. The van der Waals surface area contributed by atoms with Crippen LogP contribution in [0.4, 0.5) is 5.69 Å². The lowest BCUT2D eigenvalue weighted by atomic mass is 9.68. The predicted octanol–water partition coefficient (Wildman–Crippen LogP) is 10.5. The Morgan fingerprint density at radius 1 is 0.429 bits per heavy atom. The molecule has 16 nitrogen and oxygen atoms in total. The first-order valence-corrected chi connectivity index (χ1v) is 24.9. The zero-order valence-electron chi connectivity index (χ0n) is 42.6. The number of aromatic nitrogens is 3. The largest absolute Gasteiger partial charge is 0.497 e. The van der Waals surface area contributed by atoms with Crippen molar-refractivity contribution in [1.82, 2.24) is 24.8 Å². The highest BCUT2D eigenvalue weighted by Crippen LogP contribution is 2.61. The molecule has 77 heavy (non-hydrogen) atoms. The van der Waals surface area contributed by atoms with Crippen LogP contribution in [0.1, 0.15) is 76.2 Å². The summed E-state index contributed by atoms with van der Waals surface area (Å²) < 4.78 is 32.5. The van der Waals surface area contributed by atoms with E-state index in [0.29, 0.717) is 23.0 Å². The molecular weight excluding hydrogens is 977 g/mol. The molecule has 16 heteroatoms. The maximum Gasteiger partial charge on any atom is 0.238 e. The summed E-state index contributed by atoms with van der Waals surface area (Å²) in [5.41, 5.74) is 9.67. The normalized spacial score (nSPS) is 20.0. The smallest absolute Gasteiger partial charge is 0.238 e. The van der Waals surface area contributed by atoms with Crippen LogP contribution in [0.15, 0.2) is 134 Å². The number of methoxy groups -OCH3 is 6. The van der Waals surface area contributed by atoms with Crippen molar-refractivity contribution in [2.24, 2.45) is 5.92 Å². The summed E-state index contributed by atoms with van der Waals surface area (Å²) in [6.45, 7) is 0.386. The minimum atomic E-state index is -0.716. The molecule has 0 bridgehead atoms. The first-order chi connectivity index (χ1) is 37.0. The minimum absolute atomic E-state index is 0. The number of nitrogens with zero attached hydrogens (tertiary/aromatic N) is 2. The topological polar surface area (TPSA) is 190 Å². The quantitative estimate of drug-likeness (QED) is 0.0852. The second kappa shape index (κ2) is 19.8. The van der Waals surface area contributed by atoms with Gasteiger partial charge in [0.25, 0.3) is 0 Å². The monoisotopic (exact) mass is 1030 g/mol. The van der Waals surface area contributed by atoms with Gasteiger partial charge in [-0.15, -0.1) is 0 Å². The lowest BCUT2D eigenvalue weighted by Crippen LogP contribution is -2.34. The summed E-state index contributed by atoms with van der Waals surface area (Å²) in [5, 5.41) is 6.26. The third-order valence-corrected chi connectivity index (χ3v) is 15.7. The maximum absolute atomic E-state index is 14.2. The van der Waals surface area contributed by atoms with E-state index in [1.807, 2.05) is 134 Å². The van der Waals surface area contributed by atoms with Gasteiger partial charge in [0.1, 0.15) is 34.5 Å². The van der Waals surface area contributed by atoms with Gasteiger partial charge >= 0.3 is 0 Å².